The molecule has 0 N–H and O–H groups in total. The highest BCUT2D eigenvalue weighted by Gasteiger charge is 2.31. The first-order valence-electron chi connectivity index (χ1n) is 9.16. The van der Waals surface area contributed by atoms with Crippen LogP contribution in [0.2, 0.25) is 0 Å². The van der Waals surface area contributed by atoms with Crippen LogP contribution in [0, 0.1) is 5.92 Å². The molecule has 1 aromatic rings. The van der Waals surface area contributed by atoms with Crippen LogP contribution in [0.15, 0.2) is 18.6 Å². The Balaban J connectivity index is 1.54. The lowest BCUT2D eigenvalue weighted by Gasteiger charge is -2.33. The summed E-state index contributed by atoms with van der Waals surface area (Å²) < 4.78 is 0. The Morgan fingerprint density at radius 3 is 2.27 bits per heavy atom. The number of aromatic nitrogens is 2. The highest BCUT2D eigenvalue weighted by molar-refractivity contribution is 5.92. The van der Waals surface area contributed by atoms with Gasteiger partial charge in [0, 0.05) is 64.5 Å². The largest absolute Gasteiger partial charge is 0.343 e. The smallest absolute Gasteiger partial charge is 0.274 e. The monoisotopic (exact) mass is 359 g/mol. The molecule has 0 radical (unpaired) electrons. The Morgan fingerprint density at radius 1 is 0.923 bits per heavy atom. The molecule has 0 atom stereocenters. The fraction of sp³-hybridized carbons (Fsp3) is 0.611. The van der Waals surface area contributed by atoms with Crippen molar-refractivity contribution in [2.75, 3.05) is 39.3 Å². The molecule has 3 rings (SSSR count). The van der Waals surface area contributed by atoms with E-state index in [2.05, 4.69) is 9.97 Å². The number of nitrogens with zero attached hydrogens (tertiary/aromatic N) is 5. The minimum Gasteiger partial charge on any atom is -0.343 e. The van der Waals surface area contributed by atoms with Gasteiger partial charge in [-0.25, -0.2) is 4.98 Å². The second-order valence-electron chi connectivity index (χ2n) is 6.84. The van der Waals surface area contributed by atoms with E-state index in [0.717, 1.165) is 19.3 Å². The lowest BCUT2D eigenvalue weighted by molar-refractivity contribution is -0.140. The fourth-order valence-electron chi connectivity index (χ4n) is 3.61. The molecule has 0 saturated carbocycles. The van der Waals surface area contributed by atoms with Crippen molar-refractivity contribution in [3.63, 3.8) is 0 Å². The average molecular weight is 359 g/mol. The van der Waals surface area contributed by atoms with Gasteiger partial charge in [-0.05, 0) is 19.3 Å². The molecule has 8 nitrogen and oxygen atoms in total. The Morgan fingerprint density at radius 2 is 1.62 bits per heavy atom. The summed E-state index contributed by atoms with van der Waals surface area (Å²) in [5, 5.41) is 0. The lowest BCUT2D eigenvalue weighted by atomic mass is 9.95. The molecule has 3 amide bonds. The van der Waals surface area contributed by atoms with Gasteiger partial charge in [-0.3, -0.25) is 19.4 Å². The van der Waals surface area contributed by atoms with Gasteiger partial charge < -0.3 is 14.7 Å². The lowest BCUT2D eigenvalue weighted by Crippen LogP contribution is -2.45. The van der Waals surface area contributed by atoms with Gasteiger partial charge in [0.15, 0.2) is 0 Å². The van der Waals surface area contributed by atoms with Crippen molar-refractivity contribution in [2.45, 2.75) is 26.2 Å². The van der Waals surface area contributed by atoms with E-state index in [4.69, 9.17) is 0 Å². The Bertz CT molecular complexity index is 658. The van der Waals surface area contributed by atoms with Gasteiger partial charge in [0.05, 0.1) is 6.20 Å². The predicted molar refractivity (Wildman–Crippen MR) is 94.1 cm³/mol. The Labute approximate surface area is 153 Å². The molecule has 2 fully saturated rings. The van der Waals surface area contributed by atoms with Gasteiger partial charge in [0.25, 0.3) is 5.91 Å². The number of rotatable bonds is 2. The number of likely N-dealkylation sites (tertiary alicyclic amines) is 1. The van der Waals surface area contributed by atoms with Crippen LogP contribution in [-0.4, -0.2) is 81.7 Å². The highest BCUT2D eigenvalue weighted by Crippen LogP contribution is 2.21. The van der Waals surface area contributed by atoms with Gasteiger partial charge in [-0.1, -0.05) is 0 Å². The zero-order chi connectivity index (χ0) is 18.5. The van der Waals surface area contributed by atoms with Crippen LogP contribution in [0.4, 0.5) is 0 Å². The molecule has 3 heterocycles. The summed E-state index contributed by atoms with van der Waals surface area (Å²) in [6.07, 6.45) is 6.71. The topological polar surface area (TPSA) is 86.7 Å². The molecule has 140 valence electrons. The van der Waals surface area contributed by atoms with E-state index in [1.54, 1.807) is 16.7 Å². The summed E-state index contributed by atoms with van der Waals surface area (Å²) in [4.78, 5) is 50.2. The van der Waals surface area contributed by atoms with Crippen molar-refractivity contribution in [1.29, 1.82) is 0 Å². The van der Waals surface area contributed by atoms with E-state index in [1.165, 1.54) is 18.6 Å². The maximum Gasteiger partial charge on any atom is 0.274 e. The number of piperidine rings is 1. The normalized spacial score (nSPS) is 19.2. The number of hydrogen-bond donors (Lipinski definition) is 0. The average Bonchev–Trinajstić information content (AvgIpc) is 2.94. The van der Waals surface area contributed by atoms with Crippen molar-refractivity contribution in [3.05, 3.63) is 24.3 Å². The van der Waals surface area contributed by atoms with Crippen LogP contribution in [0.5, 0.6) is 0 Å². The van der Waals surface area contributed by atoms with Crippen LogP contribution in [0.1, 0.15) is 36.7 Å². The maximum atomic E-state index is 12.8. The zero-order valence-corrected chi connectivity index (χ0v) is 15.1. The number of amides is 3. The summed E-state index contributed by atoms with van der Waals surface area (Å²) >= 11 is 0. The molecule has 0 bridgehead atoms. The molecule has 8 heteroatoms. The summed E-state index contributed by atoms with van der Waals surface area (Å²) in [6.45, 7) is 5.19. The van der Waals surface area contributed by atoms with E-state index in [0.29, 0.717) is 45.0 Å². The minimum atomic E-state index is -0.137. The van der Waals surface area contributed by atoms with Gasteiger partial charge in [0.1, 0.15) is 5.69 Å². The molecule has 26 heavy (non-hydrogen) atoms. The number of carbonyl (C=O) groups is 3. The molecule has 0 unspecified atom stereocenters. The van der Waals surface area contributed by atoms with Gasteiger partial charge in [-0.15, -0.1) is 0 Å². The summed E-state index contributed by atoms with van der Waals surface area (Å²) in [6, 6.07) is 0. The quantitative estimate of drug-likeness (QED) is 0.763. The molecule has 0 aliphatic carbocycles. The standard InChI is InChI=1S/C18H25N5O3/c1-14(24)21-9-3-15(4-10-21)17(25)22-7-2-8-23(12-11-22)18(26)16-13-19-5-6-20-16/h5-6,13,15H,2-4,7-12H2,1H3. The molecular weight excluding hydrogens is 334 g/mol. The molecule has 2 aliphatic heterocycles. The van der Waals surface area contributed by atoms with Crippen molar-refractivity contribution in [2.24, 2.45) is 5.92 Å². The van der Waals surface area contributed by atoms with Crippen LogP contribution in [0.25, 0.3) is 0 Å². The zero-order valence-electron chi connectivity index (χ0n) is 15.1. The fourth-order valence-corrected chi connectivity index (χ4v) is 3.61. The van der Waals surface area contributed by atoms with E-state index in [9.17, 15) is 14.4 Å². The third-order valence-corrected chi connectivity index (χ3v) is 5.17. The molecule has 0 aromatic carbocycles. The SMILES string of the molecule is CC(=O)N1CCC(C(=O)N2CCCN(C(=O)c3cnccn3)CC2)CC1. The third-order valence-electron chi connectivity index (χ3n) is 5.17. The van der Waals surface area contributed by atoms with Gasteiger partial charge in [0.2, 0.25) is 11.8 Å². The summed E-state index contributed by atoms with van der Waals surface area (Å²) in [7, 11) is 0. The molecule has 0 spiro atoms. The molecule has 2 saturated heterocycles. The number of hydrogen-bond acceptors (Lipinski definition) is 5. The highest BCUT2D eigenvalue weighted by atomic mass is 16.2. The molecule has 2 aliphatic rings. The minimum absolute atomic E-state index is 0.0205. The first kappa shape index (κ1) is 18.3. The summed E-state index contributed by atoms with van der Waals surface area (Å²) in [5.41, 5.74) is 0.337. The number of carbonyl (C=O) groups excluding carboxylic acids is 3. The third kappa shape index (κ3) is 4.17. The van der Waals surface area contributed by atoms with Crippen molar-refractivity contribution < 1.29 is 14.4 Å². The Kier molecular flexibility index (Phi) is 5.80. The first-order valence-corrected chi connectivity index (χ1v) is 9.16. The second kappa shape index (κ2) is 8.25. The molecule has 1 aromatic heterocycles. The van der Waals surface area contributed by atoms with Crippen LogP contribution < -0.4 is 0 Å². The molecular formula is C18H25N5O3. The van der Waals surface area contributed by atoms with Crippen molar-refractivity contribution in [3.8, 4) is 0 Å². The van der Waals surface area contributed by atoms with Crippen LogP contribution >= 0.6 is 0 Å². The second-order valence-corrected chi connectivity index (χ2v) is 6.84. The van der Waals surface area contributed by atoms with Crippen molar-refractivity contribution >= 4 is 17.7 Å². The maximum absolute atomic E-state index is 12.8. The Hall–Kier alpha value is -2.51. The first-order chi connectivity index (χ1) is 12.6. The van der Waals surface area contributed by atoms with Gasteiger partial charge in [-0.2, -0.15) is 0 Å². The predicted octanol–water partition coefficient (Wildman–Crippen LogP) is 0.410. The summed E-state index contributed by atoms with van der Waals surface area (Å²) in [5.74, 6) is 0.0702. The van der Waals surface area contributed by atoms with E-state index in [-0.39, 0.29) is 23.6 Å². The van der Waals surface area contributed by atoms with E-state index < -0.39 is 0 Å². The van der Waals surface area contributed by atoms with E-state index in [1.807, 2.05) is 4.90 Å². The van der Waals surface area contributed by atoms with Crippen LogP contribution in [0.3, 0.4) is 0 Å². The van der Waals surface area contributed by atoms with Crippen molar-refractivity contribution in [1.82, 2.24) is 24.7 Å². The van der Waals surface area contributed by atoms with Crippen LogP contribution in [-0.2, 0) is 9.59 Å². The van der Waals surface area contributed by atoms with E-state index >= 15 is 0 Å². The van der Waals surface area contributed by atoms with Gasteiger partial charge >= 0.3 is 0 Å².